The summed E-state index contributed by atoms with van der Waals surface area (Å²) in [5.74, 6) is -0.256. The summed E-state index contributed by atoms with van der Waals surface area (Å²) in [6.45, 7) is 2.12. The van der Waals surface area contributed by atoms with Crippen LogP contribution < -0.4 is 5.32 Å². The lowest BCUT2D eigenvalue weighted by Crippen LogP contribution is -2.32. The number of aliphatic hydroxyl groups excluding tert-OH is 1. The Bertz CT molecular complexity index is 554. The number of carbonyl (C=O) groups excluding carboxylic acids is 1. The number of aliphatic hydroxyl groups is 1. The van der Waals surface area contributed by atoms with Crippen LogP contribution in [0.5, 0.6) is 0 Å². The van der Waals surface area contributed by atoms with Crippen molar-refractivity contribution in [3.63, 3.8) is 0 Å². The molecule has 0 spiro atoms. The second kappa shape index (κ2) is 5.60. The van der Waals surface area contributed by atoms with Crippen molar-refractivity contribution < 1.29 is 9.90 Å². The maximum Gasteiger partial charge on any atom is 0.269 e. The Morgan fingerprint density at radius 1 is 1.33 bits per heavy atom. The molecule has 0 saturated carbocycles. The summed E-state index contributed by atoms with van der Waals surface area (Å²) in [4.78, 5) is 16.1. The fraction of sp³-hybridized carbons (Fsp3) is 0.286. The molecule has 1 unspecified atom stereocenters. The van der Waals surface area contributed by atoms with E-state index in [4.69, 9.17) is 0 Å². The van der Waals surface area contributed by atoms with E-state index in [9.17, 15) is 9.90 Å². The molecule has 0 radical (unpaired) electrons. The molecule has 2 aromatic rings. The molecule has 0 aliphatic carbocycles. The summed E-state index contributed by atoms with van der Waals surface area (Å²) in [7, 11) is 0. The molecular weight excluding hydrogens is 228 g/mol. The highest BCUT2D eigenvalue weighted by molar-refractivity contribution is 5.94. The number of hydrogen-bond donors (Lipinski definition) is 2. The summed E-state index contributed by atoms with van der Waals surface area (Å²) < 4.78 is 0. The van der Waals surface area contributed by atoms with Gasteiger partial charge < -0.3 is 10.4 Å². The Balaban J connectivity index is 2.13. The summed E-state index contributed by atoms with van der Waals surface area (Å²) >= 11 is 0. The molecule has 1 aromatic carbocycles. The molecule has 1 heterocycles. The highest BCUT2D eigenvalue weighted by atomic mass is 16.3. The van der Waals surface area contributed by atoms with Crippen LogP contribution in [0.25, 0.3) is 10.9 Å². The molecule has 18 heavy (non-hydrogen) atoms. The van der Waals surface area contributed by atoms with Gasteiger partial charge in [0.05, 0.1) is 11.6 Å². The zero-order valence-electron chi connectivity index (χ0n) is 10.3. The number of amides is 1. The molecule has 0 saturated heterocycles. The van der Waals surface area contributed by atoms with Gasteiger partial charge >= 0.3 is 0 Å². The summed E-state index contributed by atoms with van der Waals surface area (Å²) in [5, 5.41) is 13.1. The monoisotopic (exact) mass is 244 g/mol. The van der Waals surface area contributed by atoms with E-state index in [0.29, 0.717) is 12.1 Å². The van der Waals surface area contributed by atoms with Gasteiger partial charge in [0.15, 0.2) is 0 Å². The zero-order chi connectivity index (χ0) is 13.0. The third-order valence-electron chi connectivity index (χ3n) is 2.80. The smallest absolute Gasteiger partial charge is 0.269 e. The van der Waals surface area contributed by atoms with Gasteiger partial charge in [-0.15, -0.1) is 0 Å². The van der Waals surface area contributed by atoms with E-state index in [1.807, 2.05) is 37.3 Å². The Labute approximate surface area is 106 Å². The second-order valence-electron chi connectivity index (χ2n) is 4.16. The fourth-order valence-corrected chi connectivity index (χ4v) is 1.64. The topological polar surface area (TPSA) is 62.2 Å². The number of rotatable bonds is 4. The molecule has 2 rings (SSSR count). The van der Waals surface area contributed by atoms with Gasteiger partial charge in [0.2, 0.25) is 0 Å². The van der Waals surface area contributed by atoms with Crippen molar-refractivity contribution >= 4 is 16.8 Å². The van der Waals surface area contributed by atoms with Crippen molar-refractivity contribution in [2.24, 2.45) is 0 Å². The van der Waals surface area contributed by atoms with Crippen LogP contribution in [0.15, 0.2) is 36.4 Å². The van der Waals surface area contributed by atoms with E-state index in [2.05, 4.69) is 10.3 Å². The number of para-hydroxylation sites is 1. The molecule has 94 valence electrons. The molecule has 0 bridgehead atoms. The van der Waals surface area contributed by atoms with Crippen LogP contribution in [0.4, 0.5) is 0 Å². The van der Waals surface area contributed by atoms with E-state index < -0.39 is 6.10 Å². The van der Waals surface area contributed by atoms with Gasteiger partial charge in [-0.05, 0) is 18.6 Å². The van der Waals surface area contributed by atoms with E-state index in [1.165, 1.54) is 0 Å². The quantitative estimate of drug-likeness (QED) is 0.861. The molecule has 4 heteroatoms. The van der Waals surface area contributed by atoms with Gasteiger partial charge in [-0.2, -0.15) is 0 Å². The minimum Gasteiger partial charge on any atom is -0.391 e. The third kappa shape index (κ3) is 2.84. The predicted octanol–water partition coefficient (Wildman–Crippen LogP) is 1.74. The number of nitrogens with zero attached hydrogens (tertiary/aromatic N) is 1. The van der Waals surface area contributed by atoms with Crippen molar-refractivity contribution in [3.8, 4) is 0 Å². The Morgan fingerprint density at radius 2 is 2.11 bits per heavy atom. The van der Waals surface area contributed by atoms with Crippen molar-refractivity contribution in [1.29, 1.82) is 0 Å². The SMILES string of the molecule is CCC(O)CNC(=O)c1ccc2ccccc2n1. The van der Waals surface area contributed by atoms with E-state index in [0.717, 1.165) is 10.9 Å². The normalized spacial score (nSPS) is 12.3. The van der Waals surface area contributed by atoms with Gasteiger partial charge in [-0.3, -0.25) is 4.79 Å². The zero-order valence-corrected chi connectivity index (χ0v) is 10.3. The van der Waals surface area contributed by atoms with Gasteiger partial charge in [0.1, 0.15) is 5.69 Å². The first-order valence-electron chi connectivity index (χ1n) is 6.02. The van der Waals surface area contributed by atoms with E-state index in [-0.39, 0.29) is 12.5 Å². The lowest BCUT2D eigenvalue weighted by molar-refractivity contribution is 0.0909. The number of carbonyl (C=O) groups is 1. The first-order chi connectivity index (χ1) is 8.70. The third-order valence-corrected chi connectivity index (χ3v) is 2.80. The minimum absolute atomic E-state index is 0.254. The first kappa shape index (κ1) is 12.5. The average Bonchev–Trinajstić information content (AvgIpc) is 2.43. The maximum atomic E-state index is 11.8. The van der Waals surface area contributed by atoms with Crippen molar-refractivity contribution in [2.45, 2.75) is 19.4 Å². The molecule has 4 nitrogen and oxygen atoms in total. The average molecular weight is 244 g/mol. The lowest BCUT2D eigenvalue weighted by atomic mass is 10.2. The van der Waals surface area contributed by atoms with Crippen LogP contribution in [0.1, 0.15) is 23.8 Å². The minimum atomic E-state index is -0.505. The van der Waals surface area contributed by atoms with Gasteiger partial charge in [0, 0.05) is 11.9 Å². The van der Waals surface area contributed by atoms with Crippen LogP contribution in [-0.4, -0.2) is 28.6 Å². The number of pyridine rings is 1. The van der Waals surface area contributed by atoms with Crippen molar-refractivity contribution in [3.05, 3.63) is 42.1 Å². The van der Waals surface area contributed by atoms with E-state index >= 15 is 0 Å². The van der Waals surface area contributed by atoms with Gasteiger partial charge in [-0.25, -0.2) is 4.98 Å². The molecule has 2 N–H and O–H groups in total. The second-order valence-corrected chi connectivity index (χ2v) is 4.16. The largest absolute Gasteiger partial charge is 0.391 e. The molecule has 0 aliphatic heterocycles. The predicted molar refractivity (Wildman–Crippen MR) is 70.4 cm³/mol. The molecule has 1 atom stereocenters. The first-order valence-corrected chi connectivity index (χ1v) is 6.02. The number of aromatic nitrogens is 1. The Kier molecular flexibility index (Phi) is 3.89. The standard InChI is InChI=1S/C14H16N2O2/c1-2-11(17)9-15-14(18)13-8-7-10-5-3-4-6-12(10)16-13/h3-8,11,17H,2,9H2,1H3,(H,15,18). The Hall–Kier alpha value is -1.94. The summed E-state index contributed by atoms with van der Waals surface area (Å²) in [6, 6.07) is 11.2. The Morgan fingerprint density at radius 3 is 2.89 bits per heavy atom. The highest BCUT2D eigenvalue weighted by Crippen LogP contribution is 2.11. The van der Waals surface area contributed by atoms with Crippen LogP contribution >= 0.6 is 0 Å². The lowest BCUT2D eigenvalue weighted by Gasteiger charge is -2.09. The van der Waals surface area contributed by atoms with Gasteiger partial charge in [0.25, 0.3) is 5.91 Å². The van der Waals surface area contributed by atoms with Crippen LogP contribution in [0.2, 0.25) is 0 Å². The maximum absolute atomic E-state index is 11.8. The summed E-state index contributed by atoms with van der Waals surface area (Å²) in [5.41, 5.74) is 1.16. The number of fused-ring (bicyclic) bond motifs is 1. The van der Waals surface area contributed by atoms with E-state index in [1.54, 1.807) is 6.07 Å². The summed E-state index contributed by atoms with van der Waals surface area (Å²) in [6.07, 6.45) is 0.111. The van der Waals surface area contributed by atoms with Crippen LogP contribution in [-0.2, 0) is 0 Å². The van der Waals surface area contributed by atoms with Gasteiger partial charge in [-0.1, -0.05) is 31.2 Å². The number of hydrogen-bond acceptors (Lipinski definition) is 3. The number of nitrogens with one attached hydrogen (secondary N) is 1. The molecular formula is C14H16N2O2. The van der Waals surface area contributed by atoms with Crippen LogP contribution in [0.3, 0.4) is 0 Å². The van der Waals surface area contributed by atoms with Crippen molar-refractivity contribution in [2.75, 3.05) is 6.54 Å². The molecule has 0 fully saturated rings. The van der Waals surface area contributed by atoms with Crippen molar-refractivity contribution in [1.82, 2.24) is 10.3 Å². The highest BCUT2D eigenvalue weighted by Gasteiger charge is 2.09. The molecule has 0 aliphatic rings. The van der Waals surface area contributed by atoms with Crippen LogP contribution in [0, 0.1) is 0 Å². The molecule has 1 amide bonds. The fourth-order valence-electron chi connectivity index (χ4n) is 1.64. The number of benzene rings is 1. The molecule has 1 aromatic heterocycles.